The van der Waals surface area contributed by atoms with Gasteiger partial charge in [-0.05, 0) is 30.5 Å². The quantitative estimate of drug-likeness (QED) is 0.914. The fraction of sp³-hybridized carbons (Fsp3) is 0.571. The SMILES string of the molecule is CC1CN(C(C)c2ccc(OC(F)F)cc2)CC1N. The topological polar surface area (TPSA) is 38.5 Å². The second-order valence-corrected chi connectivity index (χ2v) is 5.22. The molecule has 1 aromatic rings. The number of ether oxygens (including phenoxy) is 1. The van der Waals surface area contributed by atoms with Crippen molar-refractivity contribution >= 4 is 0 Å². The van der Waals surface area contributed by atoms with Gasteiger partial charge in [0.05, 0.1) is 0 Å². The molecule has 1 heterocycles. The van der Waals surface area contributed by atoms with Crippen molar-refractivity contribution in [3.8, 4) is 5.75 Å². The van der Waals surface area contributed by atoms with E-state index in [2.05, 4.69) is 23.5 Å². The molecule has 0 bridgehead atoms. The summed E-state index contributed by atoms with van der Waals surface area (Å²) in [5.41, 5.74) is 7.10. The molecule has 3 nitrogen and oxygen atoms in total. The normalized spacial score (nSPS) is 25.8. The minimum absolute atomic E-state index is 0.192. The monoisotopic (exact) mass is 270 g/mol. The lowest BCUT2D eigenvalue weighted by atomic mass is 10.1. The molecule has 106 valence electrons. The molecule has 19 heavy (non-hydrogen) atoms. The number of benzene rings is 1. The third-order valence-electron chi connectivity index (χ3n) is 3.83. The smallest absolute Gasteiger partial charge is 0.387 e. The molecule has 0 radical (unpaired) electrons. The van der Waals surface area contributed by atoms with Crippen LogP contribution in [-0.2, 0) is 0 Å². The van der Waals surface area contributed by atoms with Crippen molar-refractivity contribution in [2.75, 3.05) is 13.1 Å². The molecule has 0 saturated carbocycles. The van der Waals surface area contributed by atoms with Crippen molar-refractivity contribution in [3.63, 3.8) is 0 Å². The van der Waals surface area contributed by atoms with Crippen LogP contribution in [-0.4, -0.2) is 30.6 Å². The summed E-state index contributed by atoms with van der Waals surface area (Å²) < 4.78 is 28.5. The van der Waals surface area contributed by atoms with Gasteiger partial charge < -0.3 is 10.5 Å². The number of hydrogen-bond acceptors (Lipinski definition) is 3. The Hall–Kier alpha value is -1.20. The second-order valence-electron chi connectivity index (χ2n) is 5.22. The second kappa shape index (κ2) is 5.84. The Balaban J connectivity index is 2.01. The van der Waals surface area contributed by atoms with Gasteiger partial charge >= 0.3 is 6.61 Å². The van der Waals surface area contributed by atoms with Crippen molar-refractivity contribution in [1.82, 2.24) is 4.90 Å². The molecule has 5 heteroatoms. The van der Waals surface area contributed by atoms with E-state index in [9.17, 15) is 8.78 Å². The van der Waals surface area contributed by atoms with E-state index in [1.165, 1.54) is 0 Å². The molecular weight excluding hydrogens is 250 g/mol. The molecule has 1 aromatic carbocycles. The van der Waals surface area contributed by atoms with Crippen LogP contribution in [0.5, 0.6) is 5.75 Å². The molecule has 2 rings (SSSR count). The van der Waals surface area contributed by atoms with Gasteiger partial charge in [-0.3, -0.25) is 4.90 Å². The van der Waals surface area contributed by atoms with Gasteiger partial charge in [-0.15, -0.1) is 0 Å². The third kappa shape index (κ3) is 3.42. The van der Waals surface area contributed by atoms with Gasteiger partial charge in [0, 0.05) is 25.2 Å². The molecule has 1 saturated heterocycles. The van der Waals surface area contributed by atoms with Gasteiger partial charge in [-0.2, -0.15) is 8.78 Å². The fourth-order valence-electron chi connectivity index (χ4n) is 2.49. The maximum Gasteiger partial charge on any atom is 0.387 e. The summed E-state index contributed by atoms with van der Waals surface area (Å²) in [5.74, 6) is 0.682. The standard InChI is InChI=1S/C14H20F2N2O/c1-9-7-18(8-13(9)17)10(2)11-3-5-12(6-4-11)19-14(15)16/h3-6,9-10,13-14H,7-8,17H2,1-2H3. The van der Waals surface area contributed by atoms with Crippen LogP contribution in [0.3, 0.4) is 0 Å². The third-order valence-corrected chi connectivity index (χ3v) is 3.83. The Bertz CT molecular complexity index is 400. The summed E-state index contributed by atoms with van der Waals surface area (Å²) in [6.45, 7) is 3.32. The fourth-order valence-corrected chi connectivity index (χ4v) is 2.49. The summed E-state index contributed by atoms with van der Waals surface area (Å²) >= 11 is 0. The zero-order valence-corrected chi connectivity index (χ0v) is 11.2. The minimum Gasteiger partial charge on any atom is -0.435 e. The number of hydrogen-bond donors (Lipinski definition) is 1. The highest BCUT2D eigenvalue weighted by molar-refractivity contribution is 5.29. The van der Waals surface area contributed by atoms with Crippen LogP contribution in [0, 0.1) is 5.92 Å². The lowest BCUT2D eigenvalue weighted by Crippen LogP contribution is -2.29. The number of nitrogens with zero attached hydrogens (tertiary/aromatic N) is 1. The largest absolute Gasteiger partial charge is 0.435 e. The van der Waals surface area contributed by atoms with Crippen LogP contribution in [0.1, 0.15) is 25.5 Å². The van der Waals surface area contributed by atoms with E-state index in [0.29, 0.717) is 5.92 Å². The Kier molecular flexibility index (Phi) is 4.37. The lowest BCUT2D eigenvalue weighted by molar-refractivity contribution is -0.0498. The number of rotatable bonds is 4. The van der Waals surface area contributed by atoms with Crippen molar-refractivity contribution in [2.24, 2.45) is 11.7 Å². The van der Waals surface area contributed by atoms with Crippen molar-refractivity contribution in [3.05, 3.63) is 29.8 Å². The molecular formula is C14H20F2N2O. The van der Waals surface area contributed by atoms with Crippen LogP contribution < -0.4 is 10.5 Å². The van der Waals surface area contributed by atoms with E-state index < -0.39 is 6.61 Å². The van der Waals surface area contributed by atoms with Gasteiger partial charge in [0.1, 0.15) is 5.75 Å². The van der Waals surface area contributed by atoms with Crippen LogP contribution in [0.25, 0.3) is 0 Å². The predicted molar refractivity (Wildman–Crippen MR) is 70.2 cm³/mol. The van der Waals surface area contributed by atoms with Crippen LogP contribution in [0.15, 0.2) is 24.3 Å². The minimum atomic E-state index is -2.78. The first-order chi connectivity index (χ1) is 8.97. The van der Waals surface area contributed by atoms with Gasteiger partial charge in [-0.1, -0.05) is 19.1 Å². The van der Waals surface area contributed by atoms with Crippen molar-refractivity contribution in [2.45, 2.75) is 32.5 Å². The first kappa shape index (κ1) is 14.2. The van der Waals surface area contributed by atoms with Crippen LogP contribution >= 0.6 is 0 Å². The number of likely N-dealkylation sites (tertiary alicyclic amines) is 1. The Morgan fingerprint density at radius 1 is 1.26 bits per heavy atom. The molecule has 3 unspecified atom stereocenters. The summed E-state index contributed by atoms with van der Waals surface area (Å²) in [4.78, 5) is 2.32. The molecule has 1 fully saturated rings. The van der Waals surface area contributed by atoms with E-state index >= 15 is 0 Å². The predicted octanol–water partition coefficient (Wildman–Crippen LogP) is 2.63. The van der Waals surface area contributed by atoms with E-state index in [1.54, 1.807) is 12.1 Å². The molecule has 2 N–H and O–H groups in total. The number of halogens is 2. The maximum atomic E-state index is 12.1. The zero-order chi connectivity index (χ0) is 14.0. The molecule has 3 atom stereocenters. The molecule has 0 spiro atoms. The Morgan fingerprint density at radius 3 is 2.37 bits per heavy atom. The molecule has 0 aromatic heterocycles. The maximum absolute atomic E-state index is 12.1. The van der Waals surface area contributed by atoms with Gasteiger partial charge in [0.15, 0.2) is 0 Å². The van der Waals surface area contributed by atoms with Gasteiger partial charge in [0.2, 0.25) is 0 Å². The lowest BCUT2D eigenvalue weighted by Gasteiger charge is -2.24. The van der Waals surface area contributed by atoms with Gasteiger partial charge in [0.25, 0.3) is 0 Å². The summed E-state index contributed by atoms with van der Waals surface area (Å²) in [5, 5.41) is 0. The zero-order valence-electron chi connectivity index (χ0n) is 11.2. The van der Waals surface area contributed by atoms with Crippen LogP contribution in [0.4, 0.5) is 8.78 Å². The van der Waals surface area contributed by atoms with Crippen molar-refractivity contribution < 1.29 is 13.5 Å². The Labute approximate surface area is 112 Å². The highest BCUT2D eigenvalue weighted by Crippen LogP contribution is 2.28. The van der Waals surface area contributed by atoms with Crippen molar-refractivity contribution in [1.29, 1.82) is 0 Å². The number of nitrogens with two attached hydrogens (primary N) is 1. The van der Waals surface area contributed by atoms with E-state index in [1.807, 2.05) is 12.1 Å². The van der Waals surface area contributed by atoms with Crippen LogP contribution in [0.2, 0.25) is 0 Å². The molecule has 0 aliphatic carbocycles. The van der Waals surface area contributed by atoms with E-state index in [4.69, 9.17) is 5.73 Å². The van der Waals surface area contributed by atoms with E-state index in [-0.39, 0.29) is 17.8 Å². The highest BCUT2D eigenvalue weighted by Gasteiger charge is 2.29. The molecule has 1 aliphatic heterocycles. The Morgan fingerprint density at radius 2 is 1.89 bits per heavy atom. The summed E-state index contributed by atoms with van der Waals surface area (Å²) in [7, 11) is 0. The molecule has 1 aliphatic rings. The molecule has 0 amide bonds. The highest BCUT2D eigenvalue weighted by atomic mass is 19.3. The first-order valence-corrected chi connectivity index (χ1v) is 6.51. The first-order valence-electron chi connectivity index (χ1n) is 6.51. The van der Waals surface area contributed by atoms with E-state index in [0.717, 1.165) is 18.7 Å². The summed E-state index contributed by atoms with van der Waals surface area (Å²) in [6, 6.07) is 7.27. The summed E-state index contributed by atoms with van der Waals surface area (Å²) in [6.07, 6.45) is 0. The average Bonchev–Trinajstić information content (AvgIpc) is 2.69. The number of alkyl halides is 2. The van der Waals surface area contributed by atoms with Gasteiger partial charge in [-0.25, -0.2) is 0 Å². The average molecular weight is 270 g/mol.